The highest BCUT2D eigenvalue weighted by molar-refractivity contribution is 7.91. The van der Waals surface area contributed by atoms with Crippen molar-refractivity contribution >= 4 is 21.8 Å². The number of aryl methyl sites for hydroxylation is 2. The molecular weight excluding hydrogens is 340 g/mol. The quantitative estimate of drug-likeness (QED) is 0.909. The van der Waals surface area contributed by atoms with Crippen LogP contribution in [0.4, 0.5) is 5.69 Å². The summed E-state index contributed by atoms with van der Waals surface area (Å²) in [7, 11) is -2.48. The Morgan fingerprint density at radius 2 is 1.96 bits per heavy atom. The number of hydrogen-bond acceptors (Lipinski definition) is 4. The summed E-state index contributed by atoms with van der Waals surface area (Å²) in [6.07, 6.45) is 1.54. The van der Waals surface area contributed by atoms with Crippen LogP contribution in [0.15, 0.2) is 42.5 Å². The number of carbonyl (C=O) groups is 1. The van der Waals surface area contributed by atoms with Gasteiger partial charge in [-0.25, -0.2) is 4.72 Å². The number of rotatable bonds is 4. The second-order valence-electron chi connectivity index (χ2n) is 5.93. The predicted molar refractivity (Wildman–Crippen MR) is 96.2 cm³/mol. The van der Waals surface area contributed by atoms with Gasteiger partial charge in [-0.1, -0.05) is 24.3 Å². The zero-order valence-electron chi connectivity index (χ0n) is 14.2. The Kier molecular flexibility index (Phi) is 4.67. The van der Waals surface area contributed by atoms with Crippen LogP contribution < -0.4 is 13.8 Å². The van der Waals surface area contributed by atoms with Crippen LogP contribution in [-0.2, 0) is 16.6 Å². The summed E-state index contributed by atoms with van der Waals surface area (Å²) in [6, 6.07) is 12.2. The van der Waals surface area contributed by atoms with Gasteiger partial charge in [-0.15, -0.1) is 0 Å². The van der Waals surface area contributed by atoms with Crippen molar-refractivity contribution in [2.45, 2.75) is 19.8 Å². The molecular formula is C18H20N2O4S. The van der Waals surface area contributed by atoms with Crippen molar-refractivity contribution < 1.29 is 17.9 Å². The molecule has 0 spiro atoms. The molecule has 1 aliphatic rings. The number of methoxy groups -OCH3 is 1. The van der Waals surface area contributed by atoms with Crippen LogP contribution in [0.1, 0.15) is 27.9 Å². The molecule has 1 heterocycles. The average Bonchev–Trinajstić information content (AvgIpc) is 2.61. The minimum Gasteiger partial charge on any atom is -0.496 e. The minimum absolute atomic E-state index is 0.233. The number of carbonyl (C=O) groups excluding carboxylic acids is 1. The first-order valence-corrected chi connectivity index (χ1v) is 9.44. The lowest BCUT2D eigenvalue weighted by Gasteiger charge is -2.30. The molecule has 3 rings (SSSR count). The van der Waals surface area contributed by atoms with Gasteiger partial charge in [0.1, 0.15) is 5.75 Å². The van der Waals surface area contributed by atoms with Crippen LogP contribution in [0.5, 0.6) is 5.75 Å². The Balaban J connectivity index is 1.86. The van der Waals surface area contributed by atoms with Gasteiger partial charge < -0.3 is 4.74 Å². The van der Waals surface area contributed by atoms with Crippen LogP contribution in [0.2, 0.25) is 0 Å². The van der Waals surface area contributed by atoms with E-state index in [1.165, 1.54) is 17.5 Å². The summed E-state index contributed by atoms with van der Waals surface area (Å²) in [5.41, 5.74) is 2.68. The Bertz CT molecular complexity index is 909. The van der Waals surface area contributed by atoms with E-state index in [1.54, 1.807) is 24.3 Å². The highest BCUT2D eigenvalue weighted by atomic mass is 32.2. The van der Waals surface area contributed by atoms with Crippen LogP contribution in [0.3, 0.4) is 0 Å². The van der Waals surface area contributed by atoms with E-state index in [1.807, 2.05) is 19.1 Å². The van der Waals surface area contributed by atoms with Gasteiger partial charge in [0.25, 0.3) is 5.91 Å². The maximum atomic E-state index is 12.7. The van der Waals surface area contributed by atoms with Crippen molar-refractivity contribution in [3.8, 4) is 5.75 Å². The van der Waals surface area contributed by atoms with E-state index in [0.717, 1.165) is 17.5 Å². The van der Waals surface area contributed by atoms with Crippen LogP contribution in [0, 0.1) is 6.92 Å². The molecule has 7 heteroatoms. The van der Waals surface area contributed by atoms with Crippen molar-refractivity contribution in [2.24, 2.45) is 0 Å². The number of benzene rings is 2. The summed E-state index contributed by atoms with van der Waals surface area (Å²) < 4.78 is 34.0. The molecule has 0 saturated heterocycles. The molecule has 0 fully saturated rings. The maximum absolute atomic E-state index is 12.7. The normalized spacial score (nSPS) is 13.9. The number of para-hydroxylation sites is 1. The molecule has 0 unspecified atom stereocenters. The molecule has 2 aromatic rings. The summed E-state index contributed by atoms with van der Waals surface area (Å²) in [6.45, 7) is 2.19. The fraction of sp³-hybridized carbons (Fsp3) is 0.278. The molecule has 25 heavy (non-hydrogen) atoms. The molecule has 6 nitrogen and oxygen atoms in total. The highest BCUT2D eigenvalue weighted by Crippen LogP contribution is 2.28. The van der Waals surface area contributed by atoms with Gasteiger partial charge in [0.15, 0.2) is 0 Å². The van der Waals surface area contributed by atoms with E-state index in [4.69, 9.17) is 4.74 Å². The lowest BCUT2D eigenvalue weighted by Crippen LogP contribution is -2.45. The Labute approximate surface area is 147 Å². The van der Waals surface area contributed by atoms with Crippen molar-refractivity contribution in [3.05, 3.63) is 59.2 Å². The van der Waals surface area contributed by atoms with E-state index in [-0.39, 0.29) is 5.56 Å². The van der Waals surface area contributed by atoms with Gasteiger partial charge >= 0.3 is 10.2 Å². The number of anilines is 1. The number of nitrogens with one attached hydrogen (secondary N) is 1. The van der Waals surface area contributed by atoms with E-state index >= 15 is 0 Å². The minimum atomic E-state index is -3.98. The van der Waals surface area contributed by atoms with E-state index in [0.29, 0.717) is 24.4 Å². The van der Waals surface area contributed by atoms with E-state index < -0.39 is 16.1 Å². The molecule has 0 aromatic heterocycles. The predicted octanol–water partition coefficient (Wildman–Crippen LogP) is 2.43. The van der Waals surface area contributed by atoms with Crippen LogP contribution in [-0.4, -0.2) is 28.0 Å². The second-order valence-corrected chi connectivity index (χ2v) is 7.52. The highest BCUT2D eigenvalue weighted by Gasteiger charge is 2.29. The third kappa shape index (κ3) is 3.46. The molecule has 0 aliphatic carbocycles. The molecule has 0 bridgehead atoms. The largest absolute Gasteiger partial charge is 0.496 e. The fourth-order valence-electron chi connectivity index (χ4n) is 2.94. The lowest BCUT2D eigenvalue weighted by atomic mass is 10.0. The smallest absolute Gasteiger partial charge is 0.326 e. The third-order valence-electron chi connectivity index (χ3n) is 4.25. The lowest BCUT2D eigenvalue weighted by molar-refractivity contribution is 0.0981. The van der Waals surface area contributed by atoms with Gasteiger partial charge in [0.2, 0.25) is 0 Å². The number of fused-ring (bicyclic) bond motifs is 1. The first kappa shape index (κ1) is 17.3. The van der Waals surface area contributed by atoms with Gasteiger partial charge in [-0.2, -0.15) is 8.42 Å². The second kappa shape index (κ2) is 6.76. The number of hydrogen-bond donors (Lipinski definition) is 1. The van der Waals surface area contributed by atoms with E-state index in [9.17, 15) is 13.2 Å². The number of nitrogens with zero attached hydrogens (tertiary/aromatic N) is 1. The first-order valence-electron chi connectivity index (χ1n) is 8.00. The monoisotopic (exact) mass is 360 g/mol. The van der Waals surface area contributed by atoms with Gasteiger partial charge in [-0.05, 0) is 49.1 Å². The Morgan fingerprint density at radius 3 is 2.72 bits per heavy atom. The fourth-order valence-corrected chi connectivity index (χ4v) is 4.21. The van der Waals surface area contributed by atoms with Crippen molar-refractivity contribution in [3.63, 3.8) is 0 Å². The Morgan fingerprint density at radius 1 is 1.20 bits per heavy atom. The summed E-state index contributed by atoms with van der Waals surface area (Å²) in [5, 5.41) is 0. The van der Waals surface area contributed by atoms with Gasteiger partial charge in [-0.3, -0.25) is 9.10 Å². The Hall–Kier alpha value is -2.54. The van der Waals surface area contributed by atoms with Gasteiger partial charge in [0.05, 0.1) is 12.8 Å². The molecule has 0 atom stereocenters. The standard InChI is InChI=1S/C18H20N2O4S/c1-13-9-10-15(12-17(13)24-2)18(21)19-25(22,23)20-11-5-7-14-6-3-4-8-16(14)20/h3-4,6,8-10,12H,5,7,11H2,1-2H3,(H,19,21). The SMILES string of the molecule is COc1cc(C(=O)NS(=O)(=O)N2CCCc3ccccc32)ccc1C. The zero-order valence-corrected chi connectivity index (χ0v) is 15.0. The van der Waals surface area contributed by atoms with E-state index in [2.05, 4.69) is 4.72 Å². The molecule has 132 valence electrons. The average molecular weight is 360 g/mol. The third-order valence-corrected chi connectivity index (χ3v) is 5.65. The summed E-state index contributed by atoms with van der Waals surface area (Å²) in [4.78, 5) is 12.4. The van der Waals surface area contributed by atoms with Crippen LogP contribution >= 0.6 is 0 Å². The first-order chi connectivity index (χ1) is 11.9. The maximum Gasteiger partial charge on any atom is 0.326 e. The summed E-state index contributed by atoms with van der Waals surface area (Å²) in [5.74, 6) is -0.144. The summed E-state index contributed by atoms with van der Waals surface area (Å²) >= 11 is 0. The molecule has 1 N–H and O–H groups in total. The molecule has 0 saturated carbocycles. The topological polar surface area (TPSA) is 75.7 Å². The number of ether oxygens (including phenoxy) is 1. The molecule has 2 aromatic carbocycles. The van der Waals surface area contributed by atoms with Crippen LogP contribution in [0.25, 0.3) is 0 Å². The van der Waals surface area contributed by atoms with Crippen molar-refractivity contribution in [1.29, 1.82) is 0 Å². The molecule has 1 aliphatic heterocycles. The molecule has 0 radical (unpaired) electrons. The number of amides is 1. The van der Waals surface area contributed by atoms with Crippen molar-refractivity contribution in [1.82, 2.24) is 4.72 Å². The zero-order chi connectivity index (χ0) is 18.0. The van der Waals surface area contributed by atoms with Gasteiger partial charge in [0, 0.05) is 12.1 Å². The van der Waals surface area contributed by atoms with Crippen molar-refractivity contribution in [2.75, 3.05) is 18.0 Å². The molecule has 1 amide bonds.